The number of aliphatic hydroxyl groups excluding tert-OH is 1. The number of sulfonamides is 1. The Morgan fingerprint density at radius 3 is 2.20 bits per heavy atom. The van der Waals surface area contributed by atoms with Crippen molar-refractivity contribution in [1.29, 1.82) is 0 Å². The normalized spacial score (nSPS) is 19.0. The third-order valence-electron chi connectivity index (χ3n) is 10.2. The van der Waals surface area contributed by atoms with E-state index in [1.807, 2.05) is 116 Å². The van der Waals surface area contributed by atoms with E-state index in [4.69, 9.17) is 9.47 Å². The lowest BCUT2D eigenvalue weighted by atomic mass is 9.90. The Morgan fingerprint density at radius 1 is 0.839 bits per heavy atom. The summed E-state index contributed by atoms with van der Waals surface area (Å²) in [6.45, 7) is 9.58. The van der Waals surface area contributed by atoms with E-state index >= 15 is 0 Å². The second-order valence-electron chi connectivity index (χ2n) is 14.5. The minimum atomic E-state index is -3.96. The minimum Gasteiger partial charge on any atom is -0.392 e. The van der Waals surface area contributed by atoms with Crippen LogP contribution in [0.25, 0.3) is 11.1 Å². The summed E-state index contributed by atoms with van der Waals surface area (Å²) in [5.74, 6) is -0.347. The molecular weight excluding hydrogens is 723 g/mol. The topological polar surface area (TPSA) is 117 Å². The summed E-state index contributed by atoms with van der Waals surface area (Å²) in [5.41, 5.74) is 7.38. The van der Waals surface area contributed by atoms with Gasteiger partial charge in [-0.25, -0.2) is 8.42 Å². The van der Waals surface area contributed by atoms with Gasteiger partial charge in [-0.05, 0) is 72.0 Å². The van der Waals surface area contributed by atoms with E-state index in [2.05, 4.69) is 35.5 Å². The van der Waals surface area contributed by atoms with Crippen LogP contribution in [0, 0.1) is 12.8 Å². The van der Waals surface area contributed by atoms with Gasteiger partial charge in [0.1, 0.15) is 6.04 Å². The van der Waals surface area contributed by atoms with Crippen molar-refractivity contribution in [2.24, 2.45) is 5.92 Å². The van der Waals surface area contributed by atoms with Gasteiger partial charge in [-0.15, -0.1) is 6.58 Å². The number of benzene rings is 5. The fraction of sp³-hybridized carbons (Fsp3) is 0.283. The van der Waals surface area contributed by atoms with Gasteiger partial charge in [-0.3, -0.25) is 4.79 Å². The third-order valence-corrected chi connectivity index (χ3v) is 11.7. The molecule has 5 aromatic rings. The van der Waals surface area contributed by atoms with Crippen LogP contribution in [0.5, 0.6) is 0 Å². The number of aryl methyl sites for hydroxylation is 1. The molecule has 1 fully saturated rings. The van der Waals surface area contributed by atoms with Gasteiger partial charge in [-0.2, -0.15) is 4.72 Å². The maximum absolute atomic E-state index is 13.6. The largest absolute Gasteiger partial charge is 0.392 e. The van der Waals surface area contributed by atoms with Crippen LogP contribution in [0.3, 0.4) is 0 Å². The van der Waals surface area contributed by atoms with Gasteiger partial charge in [0, 0.05) is 31.1 Å². The molecule has 1 saturated heterocycles. The van der Waals surface area contributed by atoms with Gasteiger partial charge in [-0.1, -0.05) is 128 Å². The highest BCUT2D eigenvalue weighted by atomic mass is 32.2. The Bertz CT molecular complexity index is 2160. The predicted molar refractivity (Wildman–Crippen MR) is 220 cm³/mol. The second kappa shape index (κ2) is 18.8. The lowest BCUT2D eigenvalue weighted by Gasteiger charge is -2.42. The number of ether oxygens (including phenoxy) is 2. The first-order valence-electron chi connectivity index (χ1n) is 18.9. The number of hydrogen-bond acceptors (Lipinski definition) is 7. The highest BCUT2D eigenvalue weighted by Crippen LogP contribution is 2.42. The molecule has 0 unspecified atom stereocenters. The van der Waals surface area contributed by atoms with Gasteiger partial charge in [0.2, 0.25) is 15.9 Å². The van der Waals surface area contributed by atoms with Crippen molar-refractivity contribution < 1.29 is 27.8 Å². The van der Waals surface area contributed by atoms with Crippen molar-refractivity contribution in [3.8, 4) is 11.1 Å². The molecule has 0 saturated carbocycles. The second-order valence-corrected chi connectivity index (χ2v) is 16.3. The van der Waals surface area contributed by atoms with E-state index in [1.54, 1.807) is 24.3 Å². The molecule has 1 heterocycles. The molecule has 5 atom stereocenters. The fourth-order valence-corrected chi connectivity index (χ4v) is 8.14. The Hall–Kier alpha value is -4.94. The van der Waals surface area contributed by atoms with Crippen LogP contribution < -0.4 is 10.0 Å². The fourth-order valence-electron chi connectivity index (χ4n) is 6.95. The minimum absolute atomic E-state index is 0.0138. The van der Waals surface area contributed by atoms with Gasteiger partial charge >= 0.3 is 0 Å². The SMILES string of the molecule is C=CCN(C)C[C@@H]1O[C@H](c2ccc(-c3cccc(CNC(=O)[C@@H](Cc4ccccc4)NS(=O)(=O)c4ccc(C)cc4)c3)cc2)O[C@H](c2ccc(CO)cc2)[C@@H]1C. The van der Waals surface area contributed by atoms with Crippen molar-refractivity contribution in [1.82, 2.24) is 14.9 Å². The van der Waals surface area contributed by atoms with Crippen molar-refractivity contribution in [3.63, 3.8) is 0 Å². The average Bonchev–Trinajstić information content (AvgIpc) is 3.21. The molecule has 6 rings (SSSR count). The van der Waals surface area contributed by atoms with Crippen molar-refractivity contribution in [2.75, 3.05) is 20.1 Å². The predicted octanol–water partition coefficient (Wildman–Crippen LogP) is 7.27. The molecule has 1 amide bonds. The van der Waals surface area contributed by atoms with Gasteiger partial charge in [0.15, 0.2) is 6.29 Å². The van der Waals surface area contributed by atoms with Crippen LogP contribution in [-0.4, -0.2) is 56.6 Å². The standard InChI is InChI=1S/C46H51N3O6S/c1-5-26-49(4)30-43-33(3)44(38-18-16-35(31-50)17-19-38)55-46(54-43)39-22-20-37(21-23-39)40-13-9-12-36(27-40)29-47-45(51)42(28-34-10-7-6-8-11-34)48-56(52,53)41-24-14-32(2)15-25-41/h5-25,27,33,42-44,46,48,50H,1,26,28-31H2,2-4H3,(H,47,51)/t33-,42-,43+,44+,46+/m1/s1. The Labute approximate surface area is 331 Å². The number of likely N-dealkylation sites (N-methyl/N-ethyl adjacent to an activating group) is 1. The zero-order valence-electron chi connectivity index (χ0n) is 32.2. The zero-order valence-corrected chi connectivity index (χ0v) is 33.0. The first-order chi connectivity index (χ1) is 27.0. The van der Waals surface area contributed by atoms with Crippen LogP contribution in [-0.2, 0) is 43.9 Å². The number of carbonyl (C=O) groups excluding carboxylic acids is 1. The maximum atomic E-state index is 13.6. The van der Waals surface area contributed by atoms with Crippen LogP contribution in [0.4, 0.5) is 0 Å². The van der Waals surface area contributed by atoms with E-state index in [1.165, 1.54) is 0 Å². The lowest BCUT2D eigenvalue weighted by molar-refractivity contribution is -0.275. The quantitative estimate of drug-likeness (QED) is 0.0904. The molecule has 0 radical (unpaired) electrons. The smallest absolute Gasteiger partial charge is 0.241 e. The van der Waals surface area contributed by atoms with Gasteiger partial charge in [0.25, 0.3) is 0 Å². The molecule has 10 heteroatoms. The Balaban J connectivity index is 1.15. The molecule has 1 aliphatic heterocycles. The van der Waals surface area contributed by atoms with Crippen molar-refractivity contribution in [3.05, 3.63) is 173 Å². The van der Waals surface area contributed by atoms with E-state index in [-0.39, 0.29) is 42.6 Å². The Kier molecular flexibility index (Phi) is 13.7. The molecule has 1 aliphatic rings. The number of nitrogens with zero attached hydrogens (tertiary/aromatic N) is 1. The number of nitrogens with one attached hydrogen (secondary N) is 2. The maximum Gasteiger partial charge on any atom is 0.241 e. The van der Waals surface area contributed by atoms with E-state index < -0.39 is 28.3 Å². The van der Waals surface area contributed by atoms with Crippen LogP contribution in [0.2, 0.25) is 0 Å². The molecule has 3 N–H and O–H groups in total. The summed E-state index contributed by atoms with van der Waals surface area (Å²) in [6, 6.07) is 38.8. The molecule has 0 spiro atoms. The summed E-state index contributed by atoms with van der Waals surface area (Å²) in [6.07, 6.45) is 1.19. The zero-order chi connectivity index (χ0) is 39.7. The summed E-state index contributed by atoms with van der Waals surface area (Å²) in [4.78, 5) is 15.9. The highest BCUT2D eigenvalue weighted by molar-refractivity contribution is 7.89. The molecule has 0 aliphatic carbocycles. The van der Waals surface area contributed by atoms with Crippen LogP contribution in [0.1, 0.15) is 52.7 Å². The molecule has 292 valence electrons. The molecule has 0 bridgehead atoms. The molecule has 9 nitrogen and oxygen atoms in total. The summed E-state index contributed by atoms with van der Waals surface area (Å²) < 4.78 is 42.6. The molecule has 56 heavy (non-hydrogen) atoms. The average molecular weight is 774 g/mol. The first-order valence-corrected chi connectivity index (χ1v) is 20.4. The number of hydrogen-bond donors (Lipinski definition) is 3. The molecule has 5 aromatic carbocycles. The molecule has 0 aromatic heterocycles. The number of aliphatic hydroxyl groups is 1. The first kappa shape index (κ1) is 40.7. The highest BCUT2D eigenvalue weighted by Gasteiger charge is 2.38. The lowest BCUT2D eigenvalue weighted by Crippen LogP contribution is -2.47. The summed E-state index contributed by atoms with van der Waals surface area (Å²) in [7, 11) is -1.90. The number of amides is 1. The van der Waals surface area contributed by atoms with Crippen molar-refractivity contribution >= 4 is 15.9 Å². The summed E-state index contributed by atoms with van der Waals surface area (Å²) >= 11 is 0. The number of carbonyl (C=O) groups is 1. The van der Waals surface area contributed by atoms with Gasteiger partial charge < -0.3 is 24.8 Å². The molecular formula is C46H51N3O6S. The third kappa shape index (κ3) is 10.5. The van der Waals surface area contributed by atoms with Crippen molar-refractivity contribution in [2.45, 2.75) is 62.9 Å². The Morgan fingerprint density at radius 2 is 1.52 bits per heavy atom. The van der Waals surface area contributed by atoms with Gasteiger partial charge in [0.05, 0.1) is 23.7 Å². The van der Waals surface area contributed by atoms with E-state index in [9.17, 15) is 18.3 Å². The van der Waals surface area contributed by atoms with Crippen LogP contribution in [0.15, 0.2) is 145 Å². The monoisotopic (exact) mass is 773 g/mol. The summed E-state index contributed by atoms with van der Waals surface area (Å²) in [5, 5.41) is 12.5. The van der Waals surface area contributed by atoms with E-state index in [0.717, 1.165) is 51.1 Å². The van der Waals surface area contributed by atoms with E-state index in [0.29, 0.717) is 6.54 Å². The van der Waals surface area contributed by atoms with Crippen LogP contribution >= 0.6 is 0 Å². The number of rotatable bonds is 16.